The number of likely N-dealkylation sites (tertiary alicyclic amines) is 1. The number of hydrogen-bond donors (Lipinski definition) is 1. The average Bonchev–Trinajstić information content (AvgIpc) is 3.15. The predicted molar refractivity (Wildman–Crippen MR) is 90.5 cm³/mol. The third kappa shape index (κ3) is 3.42. The number of aryl methyl sites for hydroxylation is 1. The Morgan fingerprint density at radius 3 is 3.04 bits per heavy atom. The molecule has 0 amide bonds. The minimum Gasteiger partial charge on any atom is -0.371 e. The van der Waals surface area contributed by atoms with Gasteiger partial charge in [-0.2, -0.15) is 5.10 Å². The van der Waals surface area contributed by atoms with Crippen molar-refractivity contribution in [3.8, 4) is 0 Å². The highest BCUT2D eigenvalue weighted by atomic mass is 16.5. The molecule has 2 aromatic rings. The fraction of sp³-hybridized carbons (Fsp3) is 0.588. The van der Waals surface area contributed by atoms with Gasteiger partial charge >= 0.3 is 0 Å². The van der Waals surface area contributed by atoms with Crippen molar-refractivity contribution in [1.82, 2.24) is 24.6 Å². The summed E-state index contributed by atoms with van der Waals surface area (Å²) in [5, 5.41) is 7.67. The molecule has 2 aliphatic rings. The first-order valence-corrected chi connectivity index (χ1v) is 8.58. The monoisotopic (exact) mass is 328 g/mol. The van der Waals surface area contributed by atoms with Gasteiger partial charge in [-0.3, -0.25) is 9.58 Å². The van der Waals surface area contributed by atoms with E-state index in [0.29, 0.717) is 5.95 Å². The number of nitrogens with one attached hydrogen (secondary N) is 1. The second-order valence-corrected chi connectivity index (χ2v) is 6.95. The molecule has 4 rings (SSSR count). The molecule has 2 aliphatic heterocycles. The summed E-state index contributed by atoms with van der Waals surface area (Å²) in [6.45, 7) is 3.77. The van der Waals surface area contributed by atoms with Crippen molar-refractivity contribution < 1.29 is 4.74 Å². The van der Waals surface area contributed by atoms with Crippen LogP contribution in [0.3, 0.4) is 0 Å². The van der Waals surface area contributed by atoms with Crippen LogP contribution in [0.4, 0.5) is 5.95 Å². The number of anilines is 1. The van der Waals surface area contributed by atoms with Crippen molar-refractivity contribution in [3.63, 3.8) is 0 Å². The molecule has 2 saturated heterocycles. The summed E-state index contributed by atoms with van der Waals surface area (Å²) < 4.78 is 8.12. The Labute approximate surface area is 142 Å². The molecule has 7 nitrogen and oxygen atoms in total. The van der Waals surface area contributed by atoms with Crippen molar-refractivity contribution in [2.24, 2.45) is 7.05 Å². The number of piperidine rings is 1. The normalized spacial score (nSPS) is 27.6. The molecule has 2 fully saturated rings. The van der Waals surface area contributed by atoms with Crippen LogP contribution >= 0.6 is 0 Å². The van der Waals surface area contributed by atoms with Crippen LogP contribution in [0.5, 0.6) is 0 Å². The smallest absolute Gasteiger partial charge is 0.222 e. The highest BCUT2D eigenvalue weighted by Crippen LogP contribution is 2.35. The van der Waals surface area contributed by atoms with Crippen LogP contribution in [0.1, 0.15) is 24.8 Å². The van der Waals surface area contributed by atoms with E-state index in [4.69, 9.17) is 4.74 Å². The van der Waals surface area contributed by atoms with Crippen molar-refractivity contribution >= 4 is 5.95 Å². The molecule has 0 aromatic carbocycles. The molecule has 0 radical (unpaired) electrons. The van der Waals surface area contributed by atoms with Gasteiger partial charge in [0.15, 0.2) is 0 Å². The van der Waals surface area contributed by atoms with E-state index in [-0.39, 0.29) is 11.6 Å². The Balaban J connectivity index is 1.36. The Hall–Kier alpha value is -1.99. The van der Waals surface area contributed by atoms with Crippen LogP contribution in [-0.4, -0.2) is 56.0 Å². The molecule has 0 saturated carbocycles. The van der Waals surface area contributed by atoms with Crippen LogP contribution in [0.15, 0.2) is 30.9 Å². The molecule has 0 aliphatic carbocycles. The Kier molecular flexibility index (Phi) is 4.20. The van der Waals surface area contributed by atoms with Crippen molar-refractivity contribution in [2.75, 3.05) is 25.0 Å². The summed E-state index contributed by atoms with van der Waals surface area (Å²) >= 11 is 0. The fourth-order valence-corrected chi connectivity index (χ4v) is 3.91. The summed E-state index contributed by atoms with van der Waals surface area (Å²) in [4.78, 5) is 11.0. The van der Waals surface area contributed by atoms with Gasteiger partial charge in [0, 0.05) is 50.7 Å². The fourth-order valence-electron chi connectivity index (χ4n) is 3.91. The van der Waals surface area contributed by atoms with Gasteiger partial charge in [0.25, 0.3) is 0 Å². The van der Waals surface area contributed by atoms with E-state index in [1.165, 1.54) is 12.0 Å². The molecule has 4 heterocycles. The second-order valence-electron chi connectivity index (χ2n) is 6.95. The molecule has 7 heteroatoms. The molecular formula is C17H24N6O. The molecular weight excluding hydrogens is 304 g/mol. The quantitative estimate of drug-likeness (QED) is 0.916. The maximum absolute atomic E-state index is 6.26. The molecule has 2 atom stereocenters. The molecule has 24 heavy (non-hydrogen) atoms. The second kappa shape index (κ2) is 6.49. The minimum atomic E-state index is -0.0348. The largest absolute Gasteiger partial charge is 0.371 e. The summed E-state index contributed by atoms with van der Waals surface area (Å²) in [5.41, 5.74) is 1.23. The first-order chi connectivity index (χ1) is 11.7. The van der Waals surface area contributed by atoms with Gasteiger partial charge < -0.3 is 10.1 Å². The lowest BCUT2D eigenvalue weighted by molar-refractivity contribution is -0.0533. The minimum absolute atomic E-state index is 0.0348. The molecule has 1 N–H and O–H groups in total. The Morgan fingerprint density at radius 1 is 1.38 bits per heavy atom. The van der Waals surface area contributed by atoms with Gasteiger partial charge in [0.2, 0.25) is 5.95 Å². The first kappa shape index (κ1) is 15.5. The third-order valence-corrected chi connectivity index (χ3v) is 4.89. The van der Waals surface area contributed by atoms with Gasteiger partial charge in [-0.25, -0.2) is 9.97 Å². The molecule has 1 spiro atoms. The van der Waals surface area contributed by atoms with Gasteiger partial charge in [0.1, 0.15) is 0 Å². The lowest BCUT2D eigenvalue weighted by atomic mass is 9.88. The van der Waals surface area contributed by atoms with E-state index in [1.807, 2.05) is 24.0 Å². The van der Waals surface area contributed by atoms with E-state index in [0.717, 1.165) is 39.1 Å². The maximum atomic E-state index is 6.26. The van der Waals surface area contributed by atoms with Crippen LogP contribution in [0.25, 0.3) is 0 Å². The number of hydrogen-bond acceptors (Lipinski definition) is 6. The summed E-state index contributed by atoms with van der Waals surface area (Å²) in [5.74, 6) is 0.686. The molecule has 2 aromatic heterocycles. The van der Waals surface area contributed by atoms with Crippen LogP contribution in [-0.2, 0) is 18.3 Å². The number of aromatic nitrogens is 4. The van der Waals surface area contributed by atoms with Gasteiger partial charge in [-0.1, -0.05) is 0 Å². The van der Waals surface area contributed by atoms with E-state index in [9.17, 15) is 0 Å². The summed E-state index contributed by atoms with van der Waals surface area (Å²) in [6.07, 6.45) is 10.9. The lowest BCUT2D eigenvalue weighted by Crippen LogP contribution is -2.47. The standard InChI is InChI=1S/C17H24N6O/c1-22-10-14(9-20-22)11-23-7-2-4-17(13-23)8-15(12-24-17)21-16-18-5-3-6-19-16/h3,5-6,9-10,15H,2,4,7-8,11-13H2,1H3,(H,18,19,21). The predicted octanol–water partition coefficient (Wildman–Crippen LogP) is 1.45. The van der Waals surface area contributed by atoms with Crippen molar-refractivity contribution in [2.45, 2.75) is 37.5 Å². The Morgan fingerprint density at radius 2 is 2.25 bits per heavy atom. The topological polar surface area (TPSA) is 68.1 Å². The average molecular weight is 328 g/mol. The molecule has 128 valence electrons. The first-order valence-electron chi connectivity index (χ1n) is 8.58. The van der Waals surface area contributed by atoms with Crippen molar-refractivity contribution in [1.29, 1.82) is 0 Å². The highest BCUT2D eigenvalue weighted by Gasteiger charge is 2.43. The van der Waals surface area contributed by atoms with Gasteiger partial charge in [-0.05, 0) is 25.5 Å². The summed E-state index contributed by atoms with van der Waals surface area (Å²) in [7, 11) is 1.96. The zero-order chi connectivity index (χ0) is 16.4. The van der Waals surface area contributed by atoms with E-state index >= 15 is 0 Å². The highest BCUT2D eigenvalue weighted by molar-refractivity contribution is 5.25. The number of rotatable bonds is 4. The molecule has 2 unspecified atom stereocenters. The maximum Gasteiger partial charge on any atom is 0.222 e. The van der Waals surface area contributed by atoms with Gasteiger partial charge in [-0.15, -0.1) is 0 Å². The zero-order valence-electron chi connectivity index (χ0n) is 14.1. The van der Waals surface area contributed by atoms with Gasteiger partial charge in [0.05, 0.1) is 24.4 Å². The van der Waals surface area contributed by atoms with Crippen LogP contribution in [0, 0.1) is 0 Å². The van der Waals surface area contributed by atoms with Crippen molar-refractivity contribution in [3.05, 3.63) is 36.4 Å². The van der Waals surface area contributed by atoms with E-state index in [1.54, 1.807) is 12.4 Å². The third-order valence-electron chi connectivity index (χ3n) is 4.89. The zero-order valence-corrected chi connectivity index (χ0v) is 14.1. The van der Waals surface area contributed by atoms with E-state index < -0.39 is 0 Å². The molecule has 0 bridgehead atoms. The SMILES string of the molecule is Cn1cc(CN2CCCC3(CC(Nc4ncccn4)CO3)C2)cn1. The van der Waals surface area contributed by atoms with Crippen LogP contribution < -0.4 is 5.32 Å². The number of nitrogens with zero attached hydrogens (tertiary/aromatic N) is 5. The van der Waals surface area contributed by atoms with Crippen LogP contribution in [0.2, 0.25) is 0 Å². The Bertz CT molecular complexity index is 675. The number of ether oxygens (including phenoxy) is 1. The van der Waals surface area contributed by atoms with E-state index in [2.05, 4.69) is 31.5 Å². The summed E-state index contributed by atoms with van der Waals surface area (Å²) in [6, 6.07) is 2.11. The lowest BCUT2D eigenvalue weighted by Gasteiger charge is -2.39.